The van der Waals surface area contributed by atoms with Crippen molar-refractivity contribution in [1.29, 1.82) is 0 Å². The molecule has 144 valence electrons. The number of hydrogen-bond donors (Lipinski definition) is 1. The second kappa shape index (κ2) is 8.83. The standard InChI is InChI=1S/C23H26N4O/c28-23(25-20-12-6-1-2-7-13-20)21-17-27(16-18-9-4-3-5-10-18)26-22(21)19-11-8-14-24-15-19/h3-5,8-11,14-15,17,20H,1-2,6-7,12-13,16H2,(H,25,28). The smallest absolute Gasteiger partial charge is 0.255 e. The van der Waals surface area contributed by atoms with Gasteiger partial charge >= 0.3 is 0 Å². The van der Waals surface area contributed by atoms with E-state index in [1.54, 1.807) is 12.4 Å². The van der Waals surface area contributed by atoms with E-state index >= 15 is 0 Å². The first kappa shape index (κ1) is 18.4. The summed E-state index contributed by atoms with van der Waals surface area (Å²) < 4.78 is 1.85. The van der Waals surface area contributed by atoms with E-state index in [1.165, 1.54) is 25.7 Å². The molecule has 1 aliphatic rings. The van der Waals surface area contributed by atoms with E-state index in [2.05, 4.69) is 22.4 Å². The van der Waals surface area contributed by atoms with Gasteiger partial charge in [-0.15, -0.1) is 0 Å². The molecule has 1 aromatic carbocycles. The number of nitrogens with zero attached hydrogens (tertiary/aromatic N) is 3. The van der Waals surface area contributed by atoms with Gasteiger partial charge in [0.1, 0.15) is 5.69 Å². The maximum absolute atomic E-state index is 13.1. The van der Waals surface area contributed by atoms with Crippen LogP contribution in [0, 0.1) is 0 Å². The normalized spacial score (nSPS) is 15.1. The number of nitrogens with one attached hydrogen (secondary N) is 1. The number of rotatable bonds is 5. The molecule has 1 fully saturated rings. The van der Waals surface area contributed by atoms with Gasteiger partial charge in [0.25, 0.3) is 5.91 Å². The first-order valence-corrected chi connectivity index (χ1v) is 10.1. The molecular weight excluding hydrogens is 348 g/mol. The summed E-state index contributed by atoms with van der Waals surface area (Å²) in [6, 6.07) is 14.2. The quantitative estimate of drug-likeness (QED) is 0.672. The predicted molar refractivity (Wildman–Crippen MR) is 110 cm³/mol. The third-order valence-electron chi connectivity index (χ3n) is 5.32. The lowest BCUT2D eigenvalue weighted by atomic mass is 10.1. The van der Waals surface area contributed by atoms with Gasteiger partial charge < -0.3 is 5.32 Å². The Kier molecular flexibility index (Phi) is 5.80. The summed E-state index contributed by atoms with van der Waals surface area (Å²) in [4.78, 5) is 17.3. The molecule has 1 saturated carbocycles. The second-order valence-electron chi connectivity index (χ2n) is 7.48. The van der Waals surface area contributed by atoms with Crippen molar-refractivity contribution < 1.29 is 4.79 Å². The van der Waals surface area contributed by atoms with E-state index in [0.717, 1.165) is 24.0 Å². The molecule has 0 aliphatic heterocycles. The van der Waals surface area contributed by atoms with Crippen LogP contribution in [0.1, 0.15) is 54.4 Å². The fourth-order valence-electron chi connectivity index (χ4n) is 3.84. The lowest BCUT2D eigenvalue weighted by Gasteiger charge is -2.16. The van der Waals surface area contributed by atoms with Crippen LogP contribution in [0.15, 0.2) is 61.1 Å². The fraction of sp³-hybridized carbons (Fsp3) is 0.348. The summed E-state index contributed by atoms with van der Waals surface area (Å²) in [5.74, 6) is -0.0370. The van der Waals surface area contributed by atoms with Crippen molar-refractivity contribution in [2.45, 2.75) is 51.1 Å². The van der Waals surface area contributed by atoms with Gasteiger partial charge in [-0.1, -0.05) is 56.0 Å². The molecule has 0 radical (unpaired) electrons. The van der Waals surface area contributed by atoms with Crippen molar-refractivity contribution in [3.8, 4) is 11.3 Å². The molecular formula is C23H26N4O. The number of hydrogen-bond acceptors (Lipinski definition) is 3. The van der Waals surface area contributed by atoms with Crippen LogP contribution >= 0.6 is 0 Å². The Morgan fingerprint density at radius 3 is 2.54 bits per heavy atom. The molecule has 1 aliphatic carbocycles. The Labute approximate surface area is 165 Å². The molecule has 0 atom stereocenters. The summed E-state index contributed by atoms with van der Waals surface area (Å²) in [5, 5.41) is 7.97. The van der Waals surface area contributed by atoms with Crippen LogP contribution in [-0.4, -0.2) is 26.7 Å². The van der Waals surface area contributed by atoms with Crippen LogP contribution in [0.5, 0.6) is 0 Å². The Morgan fingerprint density at radius 2 is 1.82 bits per heavy atom. The highest BCUT2D eigenvalue weighted by molar-refractivity contribution is 5.99. The topological polar surface area (TPSA) is 59.8 Å². The van der Waals surface area contributed by atoms with E-state index in [0.29, 0.717) is 17.8 Å². The molecule has 2 heterocycles. The highest BCUT2D eigenvalue weighted by atomic mass is 16.1. The van der Waals surface area contributed by atoms with E-state index in [1.807, 2.05) is 41.2 Å². The predicted octanol–water partition coefficient (Wildman–Crippen LogP) is 4.45. The lowest BCUT2D eigenvalue weighted by Crippen LogP contribution is -2.34. The Balaban J connectivity index is 1.61. The molecule has 1 N–H and O–H groups in total. The number of aromatic nitrogens is 3. The maximum atomic E-state index is 13.1. The van der Waals surface area contributed by atoms with Gasteiger partial charge in [-0.25, -0.2) is 0 Å². The molecule has 1 amide bonds. The Hall–Kier alpha value is -2.95. The Bertz CT molecular complexity index is 897. The van der Waals surface area contributed by atoms with E-state index < -0.39 is 0 Å². The first-order valence-electron chi connectivity index (χ1n) is 10.1. The number of carbonyl (C=O) groups is 1. The Morgan fingerprint density at radius 1 is 1.04 bits per heavy atom. The molecule has 5 heteroatoms. The minimum atomic E-state index is -0.0370. The second-order valence-corrected chi connectivity index (χ2v) is 7.48. The first-order chi connectivity index (χ1) is 13.8. The van der Waals surface area contributed by atoms with Gasteiger partial charge in [0.2, 0.25) is 0 Å². The number of amides is 1. The van der Waals surface area contributed by atoms with Gasteiger partial charge in [0.05, 0.1) is 12.1 Å². The minimum Gasteiger partial charge on any atom is -0.349 e. The van der Waals surface area contributed by atoms with E-state index in [9.17, 15) is 4.79 Å². The fourth-order valence-corrected chi connectivity index (χ4v) is 3.84. The van der Waals surface area contributed by atoms with Gasteiger partial charge in [-0.3, -0.25) is 14.5 Å². The monoisotopic (exact) mass is 374 g/mol. The molecule has 3 aromatic rings. The van der Waals surface area contributed by atoms with Crippen molar-refractivity contribution in [1.82, 2.24) is 20.1 Å². The lowest BCUT2D eigenvalue weighted by molar-refractivity contribution is 0.0934. The van der Waals surface area contributed by atoms with Crippen molar-refractivity contribution in [2.24, 2.45) is 0 Å². The van der Waals surface area contributed by atoms with Crippen molar-refractivity contribution in [3.63, 3.8) is 0 Å². The van der Waals surface area contributed by atoms with Gasteiger partial charge in [0, 0.05) is 30.2 Å². The molecule has 28 heavy (non-hydrogen) atoms. The van der Waals surface area contributed by atoms with Crippen LogP contribution < -0.4 is 5.32 Å². The van der Waals surface area contributed by atoms with Crippen molar-refractivity contribution in [2.75, 3.05) is 0 Å². The summed E-state index contributed by atoms with van der Waals surface area (Å²) in [5.41, 5.74) is 3.32. The largest absolute Gasteiger partial charge is 0.349 e. The summed E-state index contributed by atoms with van der Waals surface area (Å²) in [7, 11) is 0. The van der Waals surface area contributed by atoms with Crippen LogP contribution in [-0.2, 0) is 6.54 Å². The minimum absolute atomic E-state index is 0.0370. The van der Waals surface area contributed by atoms with Crippen molar-refractivity contribution in [3.05, 3.63) is 72.2 Å². The zero-order valence-electron chi connectivity index (χ0n) is 16.1. The van der Waals surface area contributed by atoms with Crippen LogP contribution in [0.25, 0.3) is 11.3 Å². The van der Waals surface area contributed by atoms with Crippen LogP contribution in [0.3, 0.4) is 0 Å². The zero-order chi connectivity index (χ0) is 19.2. The third-order valence-corrected chi connectivity index (χ3v) is 5.32. The third kappa shape index (κ3) is 4.47. The summed E-state index contributed by atoms with van der Waals surface area (Å²) in [6.45, 7) is 0.630. The average Bonchev–Trinajstić information content (AvgIpc) is 2.98. The molecule has 4 rings (SSSR count). The van der Waals surface area contributed by atoms with Gasteiger partial charge in [0.15, 0.2) is 0 Å². The van der Waals surface area contributed by atoms with Crippen molar-refractivity contribution >= 4 is 5.91 Å². The zero-order valence-corrected chi connectivity index (χ0v) is 16.1. The maximum Gasteiger partial charge on any atom is 0.255 e. The van der Waals surface area contributed by atoms with Gasteiger partial charge in [-0.2, -0.15) is 5.10 Å². The molecule has 0 bridgehead atoms. The summed E-state index contributed by atoms with van der Waals surface area (Å²) >= 11 is 0. The molecule has 2 aromatic heterocycles. The number of carbonyl (C=O) groups excluding carboxylic acids is 1. The molecule has 0 unspecified atom stereocenters. The number of benzene rings is 1. The van der Waals surface area contributed by atoms with E-state index in [-0.39, 0.29) is 11.9 Å². The van der Waals surface area contributed by atoms with Crippen LogP contribution in [0.2, 0.25) is 0 Å². The highest BCUT2D eigenvalue weighted by Crippen LogP contribution is 2.23. The number of pyridine rings is 1. The highest BCUT2D eigenvalue weighted by Gasteiger charge is 2.21. The van der Waals surface area contributed by atoms with E-state index in [4.69, 9.17) is 5.10 Å². The molecule has 0 saturated heterocycles. The SMILES string of the molecule is O=C(NC1CCCCCC1)c1cn(Cc2ccccc2)nc1-c1cccnc1. The van der Waals surface area contributed by atoms with Crippen LogP contribution in [0.4, 0.5) is 0 Å². The average molecular weight is 374 g/mol. The summed E-state index contributed by atoms with van der Waals surface area (Å²) in [6.07, 6.45) is 12.4. The molecule has 5 nitrogen and oxygen atoms in total. The molecule has 0 spiro atoms. The van der Waals surface area contributed by atoms with Gasteiger partial charge in [-0.05, 0) is 30.5 Å².